The first kappa shape index (κ1) is 21.6. The van der Waals surface area contributed by atoms with E-state index < -0.39 is 15.8 Å². The number of morpholine rings is 1. The van der Waals surface area contributed by atoms with Crippen molar-refractivity contribution >= 4 is 27.3 Å². The molecular weight excluding hydrogens is 447 g/mol. The fourth-order valence-electron chi connectivity index (χ4n) is 3.01. The van der Waals surface area contributed by atoms with E-state index in [4.69, 9.17) is 9.26 Å². The number of benzene rings is 1. The van der Waals surface area contributed by atoms with Crippen LogP contribution < -0.4 is 4.72 Å². The number of rotatable bonds is 6. The van der Waals surface area contributed by atoms with Crippen molar-refractivity contribution < 1.29 is 26.9 Å². The molecule has 0 aliphatic carbocycles. The molecule has 164 valence electrons. The topological polar surface area (TPSA) is 115 Å². The van der Waals surface area contributed by atoms with Crippen LogP contribution in [0.4, 0.5) is 4.39 Å². The van der Waals surface area contributed by atoms with Crippen LogP contribution >= 0.6 is 11.3 Å². The number of halogens is 1. The molecule has 0 radical (unpaired) electrons. The summed E-state index contributed by atoms with van der Waals surface area (Å²) in [7, 11) is -3.82. The summed E-state index contributed by atoms with van der Waals surface area (Å²) >= 11 is 1.18. The molecule has 0 unspecified atom stereocenters. The second-order valence-corrected chi connectivity index (χ2v) is 9.80. The minimum absolute atomic E-state index is 0.0215. The quantitative estimate of drug-likeness (QED) is 0.592. The molecule has 1 aromatic carbocycles. The Hall–Kier alpha value is -2.67. The van der Waals surface area contributed by atoms with Crippen molar-refractivity contribution in [2.75, 3.05) is 26.3 Å². The van der Waals surface area contributed by atoms with Crippen molar-refractivity contribution in [1.29, 1.82) is 0 Å². The van der Waals surface area contributed by atoms with E-state index in [1.807, 2.05) is 0 Å². The summed E-state index contributed by atoms with van der Waals surface area (Å²) in [6.07, 6.45) is 0. The number of hydrogen-bond donors (Lipinski definition) is 1. The van der Waals surface area contributed by atoms with E-state index >= 15 is 0 Å². The minimum Gasteiger partial charge on any atom is -0.378 e. The highest BCUT2D eigenvalue weighted by Crippen LogP contribution is 2.32. The number of thiophene rings is 1. The summed E-state index contributed by atoms with van der Waals surface area (Å²) in [5.41, 5.74) is 0.627. The van der Waals surface area contributed by atoms with Crippen LogP contribution in [-0.4, -0.2) is 55.7 Å². The van der Waals surface area contributed by atoms with Crippen LogP contribution in [-0.2, 0) is 21.3 Å². The molecule has 0 atom stereocenters. The lowest BCUT2D eigenvalue weighted by Crippen LogP contribution is -2.40. The molecule has 0 saturated carbocycles. The number of sulfonamides is 1. The van der Waals surface area contributed by atoms with E-state index in [-0.39, 0.29) is 29.1 Å². The zero-order valence-corrected chi connectivity index (χ0v) is 18.1. The Bertz CT molecular complexity index is 1180. The van der Waals surface area contributed by atoms with Gasteiger partial charge in [0.15, 0.2) is 0 Å². The van der Waals surface area contributed by atoms with Gasteiger partial charge in [-0.1, -0.05) is 17.3 Å². The maximum atomic E-state index is 13.0. The van der Waals surface area contributed by atoms with Crippen LogP contribution in [0.15, 0.2) is 39.8 Å². The van der Waals surface area contributed by atoms with Gasteiger partial charge in [0, 0.05) is 24.5 Å². The summed E-state index contributed by atoms with van der Waals surface area (Å²) in [4.78, 5) is 19.3. The van der Waals surface area contributed by atoms with Gasteiger partial charge in [0.05, 0.1) is 23.0 Å². The zero-order chi connectivity index (χ0) is 22.0. The first-order valence-corrected chi connectivity index (χ1v) is 11.7. The highest BCUT2D eigenvalue weighted by atomic mass is 32.2. The van der Waals surface area contributed by atoms with Crippen molar-refractivity contribution in [3.8, 4) is 10.7 Å². The molecule has 4 rings (SSSR count). The molecule has 1 amide bonds. The minimum atomic E-state index is -3.82. The van der Waals surface area contributed by atoms with Gasteiger partial charge in [0.1, 0.15) is 5.82 Å². The van der Waals surface area contributed by atoms with Crippen LogP contribution in [0, 0.1) is 12.7 Å². The lowest BCUT2D eigenvalue weighted by molar-refractivity contribution is 0.0272. The van der Waals surface area contributed by atoms with Gasteiger partial charge in [-0.25, -0.2) is 17.5 Å². The number of carbonyl (C=O) groups is 1. The Morgan fingerprint density at radius 1 is 1.26 bits per heavy atom. The second kappa shape index (κ2) is 8.83. The number of nitrogens with zero attached hydrogens (tertiary/aromatic N) is 3. The highest BCUT2D eigenvalue weighted by molar-refractivity contribution is 7.89. The van der Waals surface area contributed by atoms with Gasteiger partial charge in [-0.3, -0.25) is 4.79 Å². The molecule has 1 N–H and O–H groups in total. The van der Waals surface area contributed by atoms with Gasteiger partial charge >= 0.3 is 11.8 Å². The molecular formula is C19H19FN4O5S2. The Morgan fingerprint density at radius 3 is 2.68 bits per heavy atom. The van der Waals surface area contributed by atoms with E-state index in [0.717, 1.165) is 0 Å². The Balaban J connectivity index is 1.50. The molecule has 3 aromatic rings. The molecule has 3 heterocycles. The first-order chi connectivity index (χ1) is 14.8. The number of amides is 1. The van der Waals surface area contributed by atoms with Gasteiger partial charge in [-0.05, 0) is 30.7 Å². The van der Waals surface area contributed by atoms with Crippen molar-refractivity contribution in [3.05, 3.63) is 52.5 Å². The van der Waals surface area contributed by atoms with Gasteiger partial charge in [0.2, 0.25) is 15.8 Å². The molecule has 31 heavy (non-hydrogen) atoms. The normalized spacial score (nSPS) is 14.7. The second-order valence-electron chi connectivity index (χ2n) is 6.81. The monoisotopic (exact) mass is 466 g/mol. The number of nitrogens with one attached hydrogen (secondary N) is 1. The van der Waals surface area contributed by atoms with Crippen LogP contribution in [0.3, 0.4) is 0 Å². The third-order valence-electron chi connectivity index (χ3n) is 4.67. The van der Waals surface area contributed by atoms with Crippen molar-refractivity contribution in [2.45, 2.75) is 18.4 Å². The van der Waals surface area contributed by atoms with Crippen LogP contribution in [0.5, 0.6) is 0 Å². The highest BCUT2D eigenvalue weighted by Gasteiger charge is 2.26. The first-order valence-electron chi connectivity index (χ1n) is 9.39. The number of ether oxygens (including phenoxy) is 1. The number of carbonyl (C=O) groups excluding carboxylic acids is 1. The molecule has 9 nitrogen and oxygen atoms in total. The van der Waals surface area contributed by atoms with E-state index in [0.29, 0.717) is 41.6 Å². The molecule has 1 fully saturated rings. The SMILES string of the molecule is Cc1sc(-c2noc(C(=O)N3CCOCC3)n2)cc1S(=O)(=O)NCc1ccc(F)cc1. The summed E-state index contributed by atoms with van der Waals surface area (Å²) in [5, 5.41) is 3.84. The largest absolute Gasteiger partial charge is 0.378 e. The van der Waals surface area contributed by atoms with E-state index in [2.05, 4.69) is 14.9 Å². The van der Waals surface area contributed by atoms with Crippen LogP contribution in [0.2, 0.25) is 0 Å². The fourth-order valence-corrected chi connectivity index (χ4v) is 5.55. The Morgan fingerprint density at radius 2 is 1.97 bits per heavy atom. The fraction of sp³-hybridized carbons (Fsp3) is 0.316. The predicted molar refractivity (Wildman–Crippen MR) is 109 cm³/mol. The molecule has 0 bridgehead atoms. The smallest absolute Gasteiger partial charge is 0.316 e. The van der Waals surface area contributed by atoms with Gasteiger partial charge in [0.25, 0.3) is 0 Å². The standard InChI is InChI=1S/C19H19FN4O5S2/c1-12-16(31(26,27)21-11-13-2-4-14(20)5-3-13)10-15(30-12)17-22-18(29-23-17)19(25)24-6-8-28-9-7-24/h2-5,10,21H,6-9,11H2,1H3. The van der Waals surface area contributed by atoms with Crippen LogP contribution in [0.25, 0.3) is 10.7 Å². The van der Waals surface area contributed by atoms with E-state index in [1.54, 1.807) is 11.8 Å². The average molecular weight is 467 g/mol. The van der Waals surface area contributed by atoms with Crippen LogP contribution in [0.1, 0.15) is 21.1 Å². The molecule has 1 aliphatic heterocycles. The van der Waals surface area contributed by atoms with Gasteiger partial charge in [-0.2, -0.15) is 4.98 Å². The predicted octanol–water partition coefficient (Wildman–Crippen LogP) is 2.20. The lowest BCUT2D eigenvalue weighted by Gasteiger charge is -2.25. The van der Waals surface area contributed by atoms with Gasteiger partial charge in [-0.15, -0.1) is 11.3 Å². The summed E-state index contributed by atoms with van der Waals surface area (Å²) < 4.78 is 51.3. The zero-order valence-electron chi connectivity index (χ0n) is 16.5. The summed E-state index contributed by atoms with van der Waals surface area (Å²) in [6.45, 7) is 3.47. The Labute approximate surface area is 181 Å². The third-order valence-corrected chi connectivity index (χ3v) is 7.37. The molecule has 1 aliphatic rings. The number of hydrogen-bond acceptors (Lipinski definition) is 8. The Kier molecular flexibility index (Phi) is 6.14. The van der Waals surface area contributed by atoms with Crippen molar-refractivity contribution in [2.24, 2.45) is 0 Å². The third kappa shape index (κ3) is 4.82. The maximum absolute atomic E-state index is 13.0. The van der Waals surface area contributed by atoms with Crippen molar-refractivity contribution in [1.82, 2.24) is 19.8 Å². The molecule has 1 saturated heterocycles. The summed E-state index contributed by atoms with van der Waals surface area (Å²) in [6, 6.07) is 7.00. The van der Waals surface area contributed by atoms with E-state index in [1.165, 1.54) is 41.7 Å². The maximum Gasteiger partial charge on any atom is 0.316 e. The number of aromatic nitrogens is 2. The number of aryl methyl sites for hydroxylation is 1. The molecule has 0 spiro atoms. The average Bonchev–Trinajstić information content (AvgIpc) is 3.41. The van der Waals surface area contributed by atoms with Gasteiger partial charge < -0.3 is 14.2 Å². The van der Waals surface area contributed by atoms with E-state index in [9.17, 15) is 17.6 Å². The molecule has 2 aromatic heterocycles. The lowest BCUT2D eigenvalue weighted by atomic mass is 10.2. The summed E-state index contributed by atoms with van der Waals surface area (Å²) in [5.74, 6) is -0.785. The van der Waals surface area contributed by atoms with Crippen molar-refractivity contribution in [3.63, 3.8) is 0 Å². The molecule has 12 heteroatoms.